The summed E-state index contributed by atoms with van der Waals surface area (Å²) in [5.41, 5.74) is 7.77. The molecular weight excluding hydrogens is 322 g/mol. The summed E-state index contributed by atoms with van der Waals surface area (Å²) in [5.74, 6) is -0.252. The van der Waals surface area contributed by atoms with E-state index in [2.05, 4.69) is 21.2 Å². The number of nitrogens with one attached hydrogen (secondary N) is 1. The Morgan fingerprint density at radius 1 is 1.45 bits per heavy atom. The number of likely N-dealkylation sites (N-methyl/N-ethyl adjacent to an activating group) is 1. The van der Waals surface area contributed by atoms with Gasteiger partial charge in [0.25, 0.3) is 5.91 Å². The van der Waals surface area contributed by atoms with Crippen LogP contribution >= 0.6 is 15.9 Å². The van der Waals surface area contributed by atoms with Crippen molar-refractivity contribution in [1.29, 1.82) is 0 Å². The predicted molar refractivity (Wildman–Crippen MR) is 81.4 cm³/mol. The van der Waals surface area contributed by atoms with Gasteiger partial charge in [-0.1, -0.05) is 15.9 Å². The first-order valence-electron chi connectivity index (χ1n) is 6.54. The predicted octanol–water partition coefficient (Wildman–Crippen LogP) is 1.69. The zero-order valence-corrected chi connectivity index (χ0v) is 13.2. The monoisotopic (exact) mass is 339 g/mol. The molecule has 0 radical (unpaired) electrons. The smallest absolute Gasteiger partial charge is 0.254 e. The maximum absolute atomic E-state index is 12.7. The maximum Gasteiger partial charge on any atom is 0.254 e. The van der Waals surface area contributed by atoms with Crippen molar-refractivity contribution in [3.8, 4) is 0 Å². The lowest BCUT2D eigenvalue weighted by atomic mass is 10.1. The molecule has 2 rings (SSSR count). The van der Waals surface area contributed by atoms with Crippen molar-refractivity contribution >= 4 is 33.4 Å². The van der Waals surface area contributed by atoms with E-state index in [1.54, 1.807) is 24.1 Å². The van der Waals surface area contributed by atoms with E-state index in [1.165, 1.54) is 0 Å². The topological polar surface area (TPSA) is 75.4 Å². The Kier molecular flexibility index (Phi) is 4.32. The number of nitrogens with zero attached hydrogens (tertiary/aromatic N) is 1. The number of carbonyl (C=O) groups is 2. The normalized spacial score (nSPS) is 18.1. The molecule has 1 aromatic rings. The van der Waals surface area contributed by atoms with Crippen LogP contribution in [0.3, 0.4) is 0 Å². The Morgan fingerprint density at radius 3 is 2.80 bits per heavy atom. The van der Waals surface area contributed by atoms with Crippen molar-refractivity contribution in [2.75, 3.05) is 19.3 Å². The van der Waals surface area contributed by atoms with Gasteiger partial charge in [-0.05, 0) is 37.5 Å². The van der Waals surface area contributed by atoms with Crippen LogP contribution in [0.2, 0.25) is 0 Å². The number of amides is 2. The summed E-state index contributed by atoms with van der Waals surface area (Å²) >= 11 is 3.35. The molecule has 3 N–H and O–H groups in total. The van der Waals surface area contributed by atoms with Crippen LogP contribution in [0.5, 0.6) is 0 Å². The van der Waals surface area contributed by atoms with Crippen LogP contribution in [-0.2, 0) is 4.79 Å². The van der Waals surface area contributed by atoms with Gasteiger partial charge in [-0.2, -0.15) is 0 Å². The standard InChI is InChI=1S/C14H18BrN3O2/c1-8-10(6-9(15)7-11(8)16)14(20)18-5-3-4-12(18)13(19)17-2/h6-7,12H,3-5,16H2,1-2H3,(H,17,19). The zero-order chi connectivity index (χ0) is 14.9. The highest BCUT2D eigenvalue weighted by molar-refractivity contribution is 9.10. The summed E-state index contributed by atoms with van der Waals surface area (Å²) < 4.78 is 0.764. The SMILES string of the molecule is CNC(=O)C1CCCN1C(=O)c1cc(Br)cc(N)c1C. The van der Waals surface area contributed by atoms with Crippen LogP contribution in [0.4, 0.5) is 5.69 Å². The van der Waals surface area contributed by atoms with Crippen LogP contribution in [0.25, 0.3) is 0 Å². The summed E-state index contributed by atoms with van der Waals surface area (Å²) in [5, 5.41) is 2.61. The number of hydrogen-bond acceptors (Lipinski definition) is 3. The van der Waals surface area contributed by atoms with Crippen molar-refractivity contribution in [1.82, 2.24) is 10.2 Å². The second kappa shape index (κ2) is 5.83. The largest absolute Gasteiger partial charge is 0.398 e. The molecule has 0 bridgehead atoms. The number of benzene rings is 1. The van der Waals surface area contributed by atoms with E-state index >= 15 is 0 Å². The summed E-state index contributed by atoms with van der Waals surface area (Å²) in [6.45, 7) is 2.42. The molecule has 1 atom stereocenters. The van der Waals surface area contributed by atoms with Crippen LogP contribution in [-0.4, -0.2) is 36.3 Å². The van der Waals surface area contributed by atoms with Gasteiger partial charge in [0.05, 0.1) is 0 Å². The molecule has 108 valence electrons. The van der Waals surface area contributed by atoms with Gasteiger partial charge in [0.1, 0.15) is 6.04 Å². The Labute approximate surface area is 126 Å². The van der Waals surface area contributed by atoms with Gasteiger partial charge in [-0.25, -0.2) is 0 Å². The number of nitrogens with two attached hydrogens (primary N) is 1. The number of halogens is 1. The molecule has 1 aromatic carbocycles. The lowest BCUT2D eigenvalue weighted by Crippen LogP contribution is -2.45. The number of nitrogen functional groups attached to an aromatic ring is 1. The van der Waals surface area contributed by atoms with Gasteiger partial charge >= 0.3 is 0 Å². The van der Waals surface area contributed by atoms with Crippen LogP contribution in [0.15, 0.2) is 16.6 Å². The Bertz CT molecular complexity index is 560. The Balaban J connectivity index is 2.34. The molecular formula is C14H18BrN3O2. The second-order valence-corrected chi connectivity index (χ2v) is 5.85. The molecule has 1 aliphatic heterocycles. The fraction of sp³-hybridized carbons (Fsp3) is 0.429. The van der Waals surface area contributed by atoms with Gasteiger partial charge < -0.3 is 16.0 Å². The molecule has 2 amide bonds. The minimum Gasteiger partial charge on any atom is -0.398 e. The lowest BCUT2D eigenvalue weighted by molar-refractivity contribution is -0.124. The molecule has 1 heterocycles. The lowest BCUT2D eigenvalue weighted by Gasteiger charge is -2.24. The number of anilines is 1. The van der Waals surface area contributed by atoms with E-state index in [-0.39, 0.29) is 17.9 Å². The van der Waals surface area contributed by atoms with Crippen LogP contribution in [0.1, 0.15) is 28.8 Å². The van der Waals surface area contributed by atoms with E-state index in [9.17, 15) is 9.59 Å². The van der Waals surface area contributed by atoms with Gasteiger partial charge in [0.15, 0.2) is 0 Å². The van der Waals surface area contributed by atoms with E-state index in [1.807, 2.05) is 6.92 Å². The zero-order valence-electron chi connectivity index (χ0n) is 11.6. The highest BCUT2D eigenvalue weighted by atomic mass is 79.9. The van der Waals surface area contributed by atoms with Gasteiger partial charge in [0.2, 0.25) is 5.91 Å². The molecule has 1 aliphatic rings. The first-order valence-corrected chi connectivity index (χ1v) is 7.33. The van der Waals surface area contributed by atoms with Gasteiger partial charge in [-0.3, -0.25) is 9.59 Å². The molecule has 20 heavy (non-hydrogen) atoms. The Morgan fingerprint density at radius 2 is 2.15 bits per heavy atom. The van der Waals surface area contributed by atoms with Gasteiger partial charge in [0, 0.05) is 29.3 Å². The molecule has 0 spiro atoms. The molecule has 1 saturated heterocycles. The van der Waals surface area contributed by atoms with Crippen molar-refractivity contribution in [3.63, 3.8) is 0 Å². The third-order valence-electron chi connectivity index (χ3n) is 3.71. The number of hydrogen-bond donors (Lipinski definition) is 2. The average molecular weight is 340 g/mol. The summed E-state index contributed by atoms with van der Waals surface area (Å²) in [6, 6.07) is 3.15. The third kappa shape index (κ3) is 2.65. The molecule has 0 saturated carbocycles. The number of carbonyl (C=O) groups excluding carboxylic acids is 2. The van der Waals surface area contributed by atoms with E-state index < -0.39 is 0 Å². The van der Waals surface area contributed by atoms with Crippen molar-refractivity contribution < 1.29 is 9.59 Å². The maximum atomic E-state index is 12.7. The second-order valence-electron chi connectivity index (χ2n) is 4.94. The minimum absolute atomic E-state index is 0.114. The number of rotatable bonds is 2. The highest BCUT2D eigenvalue weighted by Crippen LogP contribution is 2.27. The van der Waals surface area contributed by atoms with Crippen molar-refractivity contribution in [2.24, 2.45) is 0 Å². The molecule has 0 aliphatic carbocycles. The molecule has 5 nitrogen and oxygen atoms in total. The summed E-state index contributed by atoms with van der Waals surface area (Å²) in [4.78, 5) is 26.1. The number of likely N-dealkylation sites (tertiary alicyclic amines) is 1. The molecule has 1 fully saturated rings. The van der Waals surface area contributed by atoms with Crippen molar-refractivity contribution in [2.45, 2.75) is 25.8 Å². The van der Waals surface area contributed by atoms with E-state index in [0.717, 1.165) is 16.5 Å². The molecule has 1 unspecified atom stereocenters. The molecule has 0 aromatic heterocycles. The highest BCUT2D eigenvalue weighted by Gasteiger charge is 2.34. The average Bonchev–Trinajstić information content (AvgIpc) is 2.90. The van der Waals surface area contributed by atoms with Crippen LogP contribution in [0, 0.1) is 6.92 Å². The summed E-state index contributed by atoms with van der Waals surface area (Å²) in [6.07, 6.45) is 1.54. The molecule has 6 heteroatoms. The fourth-order valence-corrected chi connectivity index (χ4v) is 3.00. The first kappa shape index (κ1) is 14.8. The summed E-state index contributed by atoms with van der Waals surface area (Å²) in [7, 11) is 1.59. The van der Waals surface area contributed by atoms with E-state index in [0.29, 0.717) is 24.2 Å². The van der Waals surface area contributed by atoms with Crippen LogP contribution < -0.4 is 11.1 Å². The third-order valence-corrected chi connectivity index (χ3v) is 4.16. The first-order chi connectivity index (χ1) is 9.45. The van der Waals surface area contributed by atoms with Gasteiger partial charge in [-0.15, -0.1) is 0 Å². The Hall–Kier alpha value is -1.56. The van der Waals surface area contributed by atoms with E-state index in [4.69, 9.17) is 5.73 Å². The minimum atomic E-state index is -0.382. The fourth-order valence-electron chi connectivity index (χ4n) is 2.53. The van der Waals surface area contributed by atoms with Crippen molar-refractivity contribution in [3.05, 3.63) is 27.7 Å². The quantitative estimate of drug-likeness (QED) is 0.805.